The van der Waals surface area contributed by atoms with Gasteiger partial charge in [-0.3, -0.25) is 9.59 Å². The summed E-state index contributed by atoms with van der Waals surface area (Å²) in [6.07, 6.45) is 1.30. The number of rotatable bonds is 6. The minimum Gasteiger partial charge on any atom is -0.657 e. The second kappa shape index (κ2) is 14.4. The first-order valence-electron chi connectivity index (χ1n) is 18.1. The van der Waals surface area contributed by atoms with E-state index in [1.807, 2.05) is 32.0 Å². The minimum atomic E-state index is -0.292. The largest absolute Gasteiger partial charge is 2.00 e. The Labute approximate surface area is 330 Å². The van der Waals surface area contributed by atoms with Crippen LogP contribution >= 0.6 is 0 Å². The van der Waals surface area contributed by atoms with Gasteiger partial charge >= 0.3 is 31.4 Å². The fourth-order valence-corrected chi connectivity index (χ4v) is 8.03. The van der Waals surface area contributed by atoms with Gasteiger partial charge in [-0.05, 0) is 54.3 Å². The quantitative estimate of drug-likeness (QED) is 0.122. The van der Waals surface area contributed by atoms with Crippen molar-refractivity contribution in [1.29, 1.82) is 0 Å². The maximum Gasteiger partial charge on any atom is 2.00 e. The van der Waals surface area contributed by atoms with Crippen LogP contribution in [0.2, 0.25) is 0 Å². The number of aryl methyl sites for hydroxylation is 4. The number of hydrogen-bond donors (Lipinski definition) is 0. The molecule has 0 fully saturated rings. The van der Waals surface area contributed by atoms with Gasteiger partial charge in [-0.15, -0.1) is 22.1 Å². The molecule has 55 heavy (non-hydrogen) atoms. The zero-order valence-electron chi connectivity index (χ0n) is 31.2. The molecule has 9 rings (SSSR count). The molecule has 2 aliphatic heterocycles. The first kappa shape index (κ1) is 36.1. The van der Waals surface area contributed by atoms with Crippen LogP contribution in [0.25, 0.3) is 88.6 Å². The van der Waals surface area contributed by atoms with Gasteiger partial charge in [-0.25, -0.2) is 9.97 Å². The molecule has 8 bridgehead atoms. The SMILES string of the molecule is COC(=O)CCc1c(C)c2cc3nc(cc4nc(cc5[n-]c(cc1[n-]2)c(CCC(=O)OC)c5C)-c1c-4ccc2ccccc12)-c1c-3ccc2ccccc12.[Zn+2]. The number of carbonyl (C=O) groups is 2. The molecule has 0 saturated carbocycles. The Morgan fingerprint density at radius 3 is 1.47 bits per heavy atom. The normalized spacial score (nSPS) is 11.6. The van der Waals surface area contributed by atoms with E-state index < -0.39 is 0 Å². The molecule has 5 heterocycles. The molecular formula is C46H36N4O4Zn. The molecule has 266 valence electrons. The van der Waals surface area contributed by atoms with Crippen molar-refractivity contribution in [2.75, 3.05) is 14.2 Å². The second-order valence-corrected chi connectivity index (χ2v) is 13.9. The Morgan fingerprint density at radius 2 is 0.982 bits per heavy atom. The number of aromatic nitrogens is 4. The molecule has 7 aromatic rings. The standard InChI is InChI=1S/C46H36N4O4.Zn/c1-25-29(17-19-43(51)53-3)37-23-38-30(18-20-44(52)54-4)26(2)36(48-38)22-41-45-31-11-7-5-9-27(31)14-16-34(45)40(50-41)24-42-46-32-12-8-6-10-28(32)13-15-33(46)39(49-42)21-35(25)47-37;/h5-16,21-24H,17-20H2,1-4H3;/q-2;+2. The summed E-state index contributed by atoms with van der Waals surface area (Å²) in [7, 11) is 2.81. The molecular weight excluding hydrogens is 738 g/mol. The predicted octanol–water partition coefficient (Wildman–Crippen LogP) is 9.37. The number of benzene rings is 4. The maximum atomic E-state index is 12.4. The van der Waals surface area contributed by atoms with E-state index in [-0.39, 0.29) is 44.3 Å². The Balaban J connectivity index is 0.00000427. The third-order valence-corrected chi connectivity index (χ3v) is 10.9. The Hall–Kier alpha value is -5.92. The second-order valence-electron chi connectivity index (χ2n) is 13.9. The van der Waals surface area contributed by atoms with E-state index in [9.17, 15) is 9.59 Å². The molecule has 2 aliphatic rings. The van der Waals surface area contributed by atoms with Crippen molar-refractivity contribution < 1.29 is 38.5 Å². The van der Waals surface area contributed by atoms with Gasteiger partial charge in [0.15, 0.2) is 0 Å². The van der Waals surface area contributed by atoms with Gasteiger partial charge in [0.1, 0.15) is 0 Å². The summed E-state index contributed by atoms with van der Waals surface area (Å²) in [5, 5.41) is 4.47. The van der Waals surface area contributed by atoms with Gasteiger partial charge in [0.25, 0.3) is 0 Å². The predicted molar refractivity (Wildman–Crippen MR) is 213 cm³/mol. The molecule has 0 saturated heterocycles. The summed E-state index contributed by atoms with van der Waals surface area (Å²) < 4.78 is 10.0. The van der Waals surface area contributed by atoms with Crippen LogP contribution in [0.5, 0.6) is 0 Å². The van der Waals surface area contributed by atoms with Gasteiger partial charge in [0.05, 0.1) is 37.0 Å². The van der Waals surface area contributed by atoms with E-state index in [4.69, 9.17) is 29.4 Å². The molecule has 3 aromatic heterocycles. The number of ether oxygens (including phenoxy) is 2. The van der Waals surface area contributed by atoms with Crippen molar-refractivity contribution in [1.82, 2.24) is 19.9 Å². The van der Waals surface area contributed by atoms with Crippen molar-refractivity contribution in [2.24, 2.45) is 0 Å². The van der Waals surface area contributed by atoms with Crippen molar-refractivity contribution in [3.63, 3.8) is 0 Å². The van der Waals surface area contributed by atoms with Gasteiger partial charge in [0.2, 0.25) is 0 Å². The zero-order valence-corrected chi connectivity index (χ0v) is 34.2. The van der Waals surface area contributed by atoms with E-state index >= 15 is 0 Å². The fraction of sp³-hybridized carbons (Fsp3) is 0.174. The monoisotopic (exact) mass is 772 g/mol. The fourth-order valence-electron chi connectivity index (χ4n) is 8.03. The summed E-state index contributed by atoms with van der Waals surface area (Å²) in [4.78, 5) is 45.8. The number of hydrogen-bond acceptors (Lipinski definition) is 6. The van der Waals surface area contributed by atoms with Gasteiger partial charge in [0, 0.05) is 35.1 Å². The van der Waals surface area contributed by atoms with E-state index in [0.717, 1.165) is 111 Å². The summed E-state index contributed by atoms with van der Waals surface area (Å²) in [6.45, 7) is 4.08. The van der Waals surface area contributed by atoms with Crippen molar-refractivity contribution >= 4 is 55.6 Å². The Kier molecular flexibility index (Phi) is 9.44. The third kappa shape index (κ3) is 6.22. The molecule has 0 N–H and O–H groups in total. The summed E-state index contributed by atoms with van der Waals surface area (Å²) in [5.74, 6) is -0.583. The first-order valence-corrected chi connectivity index (χ1v) is 18.1. The van der Waals surface area contributed by atoms with E-state index in [0.29, 0.717) is 12.8 Å². The van der Waals surface area contributed by atoms with Crippen molar-refractivity contribution in [2.45, 2.75) is 39.5 Å². The van der Waals surface area contributed by atoms with Crippen LogP contribution in [0.1, 0.15) is 35.1 Å². The number of carbonyl (C=O) groups excluding carboxylic acids is 2. The van der Waals surface area contributed by atoms with Crippen molar-refractivity contribution in [3.8, 4) is 45.0 Å². The molecule has 0 spiro atoms. The molecule has 4 aromatic carbocycles. The number of esters is 2. The zero-order chi connectivity index (χ0) is 37.1. The summed E-state index contributed by atoms with van der Waals surface area (Å²) >= 11 is 0. The minimum absolute atomic E-state index is 0. The number of methoxy groups -OCH3 is 2. The Morgan fingerprint density at radius 1 is 0.545 bits per heavy atom. The van der Waals surface area contributed by atoms with Crippen LogP contribution in [0.15, 0.2) is 97.1 Å². The molecule has 8 nitrogen and oxygen atoms in total. The van der Waals surface area contributed by atoms with E-state index in [2.05, 4.69) is 78.9 Å². The molecule has 0 amide bonds. The van der Waals surface area contributed by atoms with Crippen LogP contribution in [0, 0.1) is 13.8 Å². The topological polar surface area (TPSA) is 107 Å². The molecule has 0 unspecified atom stereocenters. The summed E-state index contributed by atoms with van der Waals surface area (Å²) in [5.41, 5.74) is 14.2. The number of fused-ring (bicyclic) bond motifs is 18. The Bertz CT molecular complexity index is 2890. The maximum absolute atomic E-state index is 12.4. The van der Waals surface area contributed by atoms with E-state index in [1.165, 1.54) is 14.2 Å². The molecule has 9 heteroatoms. The average molecular weight is 774 g/mol. The van der Waals surface area contributed by atoms with Gasteiger partial charge in [-0.2, -0.15) is 0 Å². The van der Waals surface area contributed by atoms with Crippen LogP contribution in [0.4, 0.5) is 0 Å². The van der Waals surface area contributed by atoms with Crippen molar-refractivity contribution in [3.05, 3.63) is 119 Å². The van der Waals surface area contributed by atoms with Crippen LogP contribution < -0.4 is 9.97 Å². The van der Waals surface area contributed by atoms with Crippen LogP contribution in [0.3, 0.4) is 0 Å². The third-order valence-electron chi connectivity index (χ3n) is 10.9. The van der Waals surface area contributed by atoms with Crippen LogP contribution in [-0.4, -0.2) is 36.1 Å². The molecule has 0 radical (unpaired) electrons. The van der Waals surface area contributed by atoms with Gasteiger partial charge in [-0.1, -0.05) is 113 Å². The van der Waals surface area contributed by atoms with Gasteiger partial charge < -0.3 is 19.4 Å². The van der Waals surface area contributed by atoms with E-state index in [1.54, 1.807) is 0 Å². The van der Waals surface area contributed by atoms with Crippen LogP contribution in [-0.2, 0) is 51.4 Å². The molecule has 0 aliphatic carbocycles. The molecule has 0 atom stereocenters. The number of nitrogens with zero attached hydrogens (tertiary/aromatic N) is 4. The smallest absolute Gasteiger partial charge is 0.657 e. The average Bonchev–Trinajstić information content (AvgIpc) is 3.90. The first-order chi connectivity index (χ1) is 26.3. The summed E-state index contributed by atoms with van der Waals surface area (Å²) in [6, 6.07) is 33.5.